The van der Waals surface area contributed by atoms with Crippen molar-refractivity contribution in [3.8, 4) is 0 Å². The van der Waals surface area contributed by atoms with Gasteiger partial charge in [0.25, 0.3) is 0 Å². The van der Waals surface area contributed by atoms with Crippen LogP contribution >= 0.6 is 17.2 Å². The van der Waals surface area contributed by atoms with Gasteiger partial charge in [0.2, 0.25) is 0 Å². The highest BCUT2D eigenvalue weighted by molar-refractivity contribution is 7.47. The molecular formula is C12H20P2. The SMILES string of the molecule is CPc1c(C)c(C)c(PC)c(C)c1C. The summed E-state index contributed by atoms with van der Waals surface area (Å²) in [7, 11) is 1.84. The number of benzene rings is 1. The van der Waals surface area contributed by atoms with Gasteiger partial charge in [0.1, 0.15) is 0 Å². The Morgan fingerprint density at radius 3 is 0.929 bits per heavy atom. The monoisotopic (exact) mass is 226 g/mol. The van der Waals surface area contributed by atoms with Gasteiger partial charge in [-0.1, -0.05) is 17.2 Å². The minimum atomic E-state index is 0.921. The summed E-state index contributed by atoms with van der Waals surface area (Å²) in [5.74, 6) is 0. The van der Waals surface area contributed by atoms with Gasteiger partial charge in [-0.05, 0) is 73.9 Å². The molecule has 78 valence electrons. The van der Waals surface area contributed by atoms with Gasteiger partial charge in [0.15, 0.2) is 0 Å². The highest BCUT2D eigenvalue weighted by atomic mass is 31.1. The van der Waals surface area contributed by atoms with Crippen LogP contribution in [0.3, 0.4) is 0 Å². The van der Waals surface area contributed by atoms with E-state index in [4.69, 9.17) is 0 Å². The Hall–Kier alpha value is 0.0800. The summed E-state index contributed by atoms with van der Waals surface area (Å²) in [4.78, 5) is 0. The highest BCUT2D eigenvalue weighted by Gasteiger charge is 2.11. The summed E-state index contributed by atoms with van der Waals surface area (Å²) in [6.45, 7) is 13.7. The summed E-state index contributed by atoms with van der Waals surface area (Å²) in [6.07, 6.45) is 0. The average molecular weight is 226 g/mol. The smallest absolute Gasteiger partial charge is 0.0210 e. The lowest BCUT2D eigenvalue weighted by molar-refractivity contribution is 1.31. The zero-order valence-electron chi connectivity index (χ0n) is 10.0. The molecule has 2 unspecified atom stereocenters. The van der Waals surface area contributed by atoms with Crippen LogP contribution in [0.2, 0.25) is 0 Å². The topological polar surface area (TPSA) is 0 Å². The van der Waals surface area contributed by atoms with Crippen LogP contribution < -0.4 is 10.6 Å². The minimum Gasteiger partial charge on any atom is -0.0930 e. The quantitative estimate of drug-likeness (QED) is 0.680. The van der Waals surface area contributed by atoms with Crippen LogP contribution in [-0.4, -0.2) is 13.3 Å². The first-order chi connectivity index (χ1) is 6.54. The van der Waals surface area contributed by atoms with E-state index in [-0.39, 0.29) is 0 Å². The van der Waals surface area contributed by atoms with Crippen molar-refractivity contribution in [2.75, 3.05) is 13.3 Å². The minimum absolute atomic E-state index is 0.921. The van der Waals surface area contributed by atoms with Crippen molar-refractivity contribution >= 4 is 27.8 Å². The molecule has 0 radical (unpaired) electrons. The molecule has 1 aromatic carbocycles. The molecule has 0 nitrogen and oxygen atoms in total. The first kappa shape index (κ1) is 12.2. The summed E-state index contributed by atoms with van der Waals surface area (Å²) < 4.78 is 0. The van der Waals surface area contributed by atoms with E-state index in [2.05, 4.69) is 41.0 Å². The van der Waals surface area contributed by atoms with Crippen LogP contribution in [0.4, 0.5) is 0 Å². The Morgan fingerprint density at radius 2 is 0.786 bits per heavy atom. The van der Waals surface area contributed by atoms with E-state index in [0.29, 0.717) is 0 Å². The molecule has 0 heterocycles. The molecule has 1 aromatic rings. The number of rotatable bonds is 2. The van der Waals surface area contributed by atoms with Crippen molar-refractivity contribution in [1.82, 2.24) is 0 Å². The molecule has 0 N–H and O–H groups in total. The van der Waals surface area contributed by atoms with Gasteiger partial charge in [0, 0.05) is 0 Å². The summed E-state index contributed by atoms with van der Waals surface area (Å²) >= 11 is 0. The molecule has 2 atom stereocenters. The van der Waals surface area contributed by atoms with E-state index in [0.717, 1.165) is 17.2 Å². The highest BCUT2D eigenvalue weighted by Crippen LogP contribution is 2.22. The maximum atomic E-state index is 2.28. The lowest BCUT2D eigenvalue weighted by atomic mass is 10.0. The van der Waals surface area contributed by atoms with Gasteiger partial charge in [-0.3, -0.25) is 0 Å². The fourth-order valence-corrected chi connectivity index (χ4v) is 4.31. The maximum Gasteiger partial charge on any atom is -0.0210 e. The Balaban J connectivity index is 3.55. The fraction of sp³-hybridized carbons (Fsp3) is 0.500. The second kappa shape index (κ2) is 4.73. The first-order valence-electron chi connectivity index (χ1n) is 5.00. The standard InChI is InChI=1S/C12H20P2/c1-7-8(2)12(14-6)10(4)9(3)11(7)13-5/h13-14H,1-6H3. The summed E-state index contributed by atoms with van der Waals surface area (Å²) in [5, 5.41) is 3.17. The second-order valence-electron chi connectivity index (χ2n) is 3.75. The van der Waals surface area contributed by atoms with Crippen LogP contribution in [0.5, 0.6) is 0 Å². The molecule has 1 rings (SSSR count). The molecule has 0 saturated carbocycles. The van der Waals surface area contributed by atoms with E-state index in [1.54, 1.807) is 10.6 Å². The van der Waals surface area contributed by atoms with Gasteiger partial charge in [-0.2, -0.15) is 0 Å². The van der Waals surface area contributed by atoms with Crippen LogP contribution in [-0.2, 0) is 0 Å². The molecule has 0 bridgehead atoms. The van der Waals surface area contributed by atoms with Crippen molar-refractivity contribution in [1.29, 1.82) is 0 Å². The van der Waals surface area contributed by atoms with E-state index >= 15 is 0 Å². The summed E-state index contributed by atoms with van der Waals surface area (Å²) in [6, 6.07) is 0. The van der Waals surface area contributed by atoms with Gasteiger partial charge in [0.05, 0.1) is 0 Å². The zero-order chi connectivity index (χ0) is 10.9. The Bertz CT molecular complexity index is 290. The predicted octanol–water partition coefficient (Wildman–Crippen LogP) is 2.79. The Morgan fingerprint density at radius 1 is 0.571 bits per heavy atom. The average Bonchev–Trinajstić information content (AvgIpc) is 2.17. The lowest BCUT2D eigenvalue weighted by Gasteiger charge is -2.18. The van der Waals surface area contributed by atoms with Crippen molar-refractivity contribution < 1.29 is 0 Å². The maximum absolute atomic E-state index is 2.28. The molecule has 0 aliphatic rings. The molecule has 0 saturated heterocycles. The fourth-order valence-electron chi connectivity index (χ4n) is 2.06. The molecule has 0 aromatic heterocycles. The van der Waals surface area contributed by atoms with Gasteiger partial charge in [-0.25, -0.2) is 0 Å². The summed E-state index contributed by atoms with van der Waals surface area (Å²) in [5.41, 5.74) is 6.10. The number of hydrogen-bond acceptors (Lipinski definition) is 0. The van der Waals surface area contributed by atoms with E-state index in [1.165, 1.54) is 22.3 Å². The molecule has 0 fully saturated rings. The lowest BCUT2D eigenvalue weighted by Crippen LogP contribution is -2.19. The van der Waals surface area contributed by atoms with Crippen LogP contribution in [0.15, 0.2) is 0 Å². The first-order valence-corrected chi connectivity index (χ1v) is 8.00. The third-order valence-corrected chi connectivity index (χ3v) is 5.62. The Kier molecular flexibility index (Phi) is 4.11. The van der Waals surface area contributed by atoms with Crippen molar-refractivity contribution in [3.63, 3.8) is 0 Å². The molecule has 0 aliphatic heterocycles. The van der Waals surface area contributed by atoms with E-state index < -0.39 is 0 Å². The van der Waals surface area contributed by atoms with E-state index in [1.807, 2.05) is 0 Å². The third-order valence-electron chi connectivity index (χ3n) is 3.12. The van der Waals surface area contributed by atoms with Crippen LogP contribution in [0, 0.1) is 27.7 Å². The van der Waals surface area contributed by atoms with Gasteiger partial charge < -0.3 is 0 Å². The van der Waals surface area contributed by atoms with Gasteiger partial charge >= 0.3 is 0 Å². The molecule has 0 aliphatic carbocycles. The number of hydrogen-bond donors (Lipinski definition) is 0. The van der Waals surface area contributed by atoms with E-state index in [9.17, 15) is 0 Å². The molecule has 14 heavy (non-hydrogen) atoms. The van der Waals surface area contributed by atoms with Crippen molar-refractivity contribution in [3.05, 3.63) is 22.3 Å². The van der Waals surface area contributed by atoms with Crippen molar-refractivity contribution in [2.45, 2.75) is 27.7 Å². The molecule has 0 spiro atoms. The third kappa shape index (κ3) is 1.88. The molecular weight excluding hydrogens is 206 g/mol. The van der Waals surface area contributed by atoms with Crippen LogP contribution in [0.1, 0.15) is 22.3 Å². The largest absolute Gasteiger partial charge is 0.0930 e. The Labute approximate surface area is 91.5 Å². The van der Waals surface area contributed by atoms with Crippen LogP contribution in [0.25, 0.3) is 0 Å². The molecule has 2 heteroatoms. The zero-order valence-corrected chi connectivity index (χ0v) is 12.0. The normalized spacial score (nSPS) is 12.4. The second-order valence-corrected chi connectivity index (χ2v) is 5.75. The predicted molar refractivity (Wildman–Crippen MR) is 73.1 cm³/mol. The van der Waals surface area contributed by atoms with Gasteiger partial charge in [-0.15, -0.1) is 0 Å². The molecule has 0 amide bonds. The van der Waals surface area contributed by atoms with Crippen molar-refractivity contribution in [2.24, 2.45) is 0 Å².